The van der Waals surface area contributed by atoms with Gasteiger partial charge in [0.05, 0.1) is 30.1 Å². The van der Waals surface area contributed by atoms with E-state index >= 15 is 0 Å². The number of nitrogens with zero attached hydrogens (tertiary/aromatic N) is 1. The molecule has 2 atom stereocenters. The van der Waals surface area contributed by atoms with Crippen molar-refractivity contribution in [3.8, 4) is 5.75 Å². The van der Waals surface area contributed by atoms with Gasteiger partial charge >= 0.3 is 0 Å². The van der Waals surface area contributed by atoms with Gasteiger partial charge in [0.15, 0.2) is 0 Å². The summed E-state index contributed by atoms with van der Waals surface area (Å²) in [5.41, 5.74) is 1.22. The lowest BCUT2D eigenvalue weighted by Crippen LogP contribution is -2.48. The van der Waals surface area contributed by atoms with E-state index < -0.39 is 22.0 Å². The lowest BCUT2D eigenvalue weighted by Gasteiger charge is -2.29. The Bertz CT molecular complexity index is 903. The molecule has 0 spiro atoms. The Hall–Kier alpha value is -2.25. The molecule has 146 valence electrons. The number of hydrogen-bond acceptors (Lipinski definition) is 4. The van der Waals surface area contributed by atoms with Crippen LogP contribution in [0.2, 0.25) is 5.02 Å². The second kappa shape index (κ2) is 8.63. The van der Waals surface area contributed by atoms with E-state index in [1.165, 1.54) is 20.1 Å². The SMILES string of the molecule is COc1ccc(N([C@H](C)C(=O)N[C@@H](C)c2ccccc2)S(C)(=O)=O)cc1Cl. The Balaban J connectivity index is 2.28. The number of sulfonamides is 1. The summed E-state index contributed by atoms with van der Waals surface area (Å²) in [6.07, 6.45) is 1.05. The van der Waals surface area contributed by atoms with Gasteiger partial charge in [-0.15, -0.1) is 0 Å². The van der Waals surface area contributed by atoms with Gasteiger partial charge in [-0.05, 0) is 37.6 Å². The fraction of sp³-hybridized carbons (Fsp3) is 0.316. The summed E-state index contributed by atoms with van der Waals surface area (Å²) in [5.74, 6) is 0.00684. The van der Waals surface area contributed by atoms with Gasteiger partial charge in [0.25, 0.3) is 0 Å². The molecule has 0 heterocycles. The molecule has 8 heteroatoms. The van der Waals surface area contributed by atoms with E-state index in [-0.39, 0.29) is 11.1 Å². The van der Waals surface area contributed by atoms with Crippen LogP contribution >= 0.6 is 11.6 Å². The molecule has 6 nitrogen and oxygen atoms in total. The molecule has 0 aliphatic carbocycles. The van der Waals surface area contributed by atoms with E-state index in [1.807, 2.05) is 37.3 Å². The van der Waals surface area contributed by atoms with Crippen LogP contribution in [0.15, 0.2) is 48.5 Å². The number of anilines is 1. The van der Waals surface area contributed by atoms with Gasteiger partial charge in [-0.25, -0.2) is 8.42 Å². The predicted molar refractivity (Wildman–Crippen MR) is 108 cm³/mol. The van der Waals surface area contributed by atoms with Crippen molar-refractivity contribution in [2.24, 2.45) is 0 Å². The van der Waals surface area contributed by atoms with Crippen LogP contribution in [0.5, 0.6) is 5.75 Å². The third kappa shape index (κ3) is 5.14. The minimum absolute atomic E-state index is 0.258. The van der Waals surface area contributed by atoms with Gasteiger partial charge in [0.2, 0.25) is 15.9 Å². The van der Waals surface area contributed by atoms with Crippen molar-refractivity contribution < 1.29 is 17.9 Å². The zero-order chi connectivity index (χ0) is 20.2. The lowest BCUT2D eigenvalue weighted by atomic mass is 10.1. The van der Waals surface area contributed by atoms with Gasteiger partial charge in [-0.3, -0.25) is 9.10 Å². The topological polar surface area (TPSA) is 75.7 Å². The number of carbonyl (C=O) groups excluding carboxylic acids is 1. The Kier molecular flexibility index (Phi) is 6.73. The first kappa shape index (κ1) is 21.1. The second-order valence-electron chi connectivity index (χ2n) is 6.19. The summed E-state index contributed by atoms with van der Waals surface area (Å²) in [6.45, 7) is 3.38. The Morgan fingerprint density at radius 1 is 1.15 bits per heavy atom. The van der Waals surface area contributed by atoms with Crippen LogP contribution in [-0.4, -0.2) is 33.7 Å². The summed E-state index contributed by atoms with van der Waals surface area (Å²) in [7, 11) is -2.26. The normalized spacial score (nSPS) is 13.5. The molecule has 0 saturated carbocycles. The number of ether oxygens (including phenoxy) is 1. The first-order valence-electron chi connectivity index (χ1n) is 8.33. The molecule has 0 unspecified atom stereocenters. The smallest absolute Gasteiger partial charge is 0.244 e. The van der Waals surface area contributed by atoms with Crippen LogP contribution in [0.3, 0.4) is 0 Å². The average molecular weight is 411 g/mol. The van der Waals surface area contributed by atoms with Crippen LogP contribution in [-0.2, 0) is 14.8 Å². The monoisotopic (exact) mass is 410 g/mol. The van der Waals surface area contributed by atoms with E-state index in [1.54, 1.807) is 12.1 Å². The van der Waals surface area contributed by atoms with E-state index in [2.05, 4.69) is 5.32 Å². The summed E-state index contributed by atoms with van der Waals surface area (Å²) < 4.78 is 30.9. The molecule has 1 amide bonds. The maximum absolute atomic E-state index is 12.7. The van der Waals surface area contributed by atoms with E-state index in [0.717, 1.165) is 16.1 Å². The highest BCUT2D eigenvalue weighted by Crippen LogP contribution is 2.31. The van der Waals surface area contributed by atoms with Crippen LogP contribution in [0.1, 0.15) is 25.5 Å². The quantitative estimate of drug-likeness (QED) is 0.759. The fourth-order valence-electron chi connectivity index (χ4n) is 2.76. The molecule has 0 radical (unpaired) electrons. The van der Waals surface area contributed by atoms with Crippen LogP contribution in [0.25, 0.3) is 0 Å². The van der Waals surface area contributed by atoms with Crippen molar-refractivity contribution in [3.63, 3.8) is 0 Å². The van der Waals surface area contributed by atoms with Gasteiger partial charge in [0.1, 0.15) is 11.8 Å². The van der Waals surface area contributed by atoms with Crippen LogP contribution in [0, 0.1) is 0 Å². The number of nitrogens with one attached hydrogen (secondary N) is 1. The first-order chi connectivity index (χ1) is 12.6. The molecule has 27 heavy (non-hydrogen) atoms. The largest absolute Gasteiger partial charge is 0.495 e. The molecule has 0 aliphatic heterocycles. The molecule has 2 aromatic carbocycles. The number of rotatable bonds is 7. The van der Waals surface area contributed by atoms with Gasteiger partial charge in [-0.2, -0.15) is 0 Å². The van der Waals surface area contributed by atoms with Crippen molar-refractivity contribution in [2.45, 2.75) is 25.9 Å². The summed E-state index contributed by atoms with van der Waals surface area (Å²) in [5, 5.41) is 3.11. The fourth-order valence-corrected chi connectivity index (χ4v) is 4.18. The highest BCUT2D eigenvalue weighted by molar-refractivity contribution is 7.92. The van der Waals surface area contributed by atoms with Gasteiger partial charge in [-0.1, -0.05) is 41.9 Å². The number of carbonyl (C=O) groups is 1. The Morgan fingerprint density at radius 3 is 2.30 bits per heavy atom. The van der Waals surface area contributed by atoms with Crippen LogP contribution < -0.4 is 14.4 Å². The molecule has 0 bridgehead atoms. The Morgan fingerprint density at radius 2 is 1.78 bits per heavy atom. The second-order valence-corrected chi connectivity index (χ2v) is 8.46. The number of amides is 1. The third-order valence-corrected chi connectivity index (χ3v) is 5.67. The van der Waals surface area contributed by atoms with E-state index in [4.69, 9.17) is 16.3 Å². The molecular weight excluding hydrogens is 388 g/mol. The standard InChI is InChI=1S/C19H23ClN2O4S/c1-13(15-8-6-5-7-9-15)21-19(23)14(2)22(27(4,24)25)16-10-11-18(26-3)17(20)12-16/h5-14H,1-4H3,(H,21,23)/t13-,14+/m0/s1. The predicted octanol–water partition coefficient (Wildman–Crippen LogP) is 3.38. The maximum atomic E-state index is 12.7. The number of halogens is 1. The summed E-state index contributed by atoms with van der Waals surface area (Å²) in [6, 6.07) is 12.8. The molecule has 2 rings (SSSR count). The molecule has 2 aromatic rings. The summed E-state index contributed by atoms with van der Waals surface area (Å²) in [4.78, 5) is 12.7. The highest BCUT2D eigenvalue weighted by Gasteiger charge is 2.30. The van der Waals surface area contributed by atoms with Crippen molar-refractivity contribution in [1.29, 1.82) is 0 Å². The maximum Gasteiger partial charge on any atom is 0.244 e. The highest BCUT2D eigenvalue weighted by atomic mass is 35.5. The molecule has 0 aromatic heterocycles. The van der Waals surface area contributed by atoms with Crippen molar-refractivity contribution in [2.75, 3.05) is 17.7 Å². The lowest BCUT2D eigenvalue weighted by molar-refractivity contribution is -0.122. The Labute approximate surface area is 165 Å². The summed E-state index contributed by atoms with van der Waals surface area (Å²) >= 11 is 6.13. The molecular formula is C19H23ClN2O4S. The molecule has 0 saturated heterocycles. The molecule has 1 N–H and O–H groups in total. The van der Waals surface area contributed by atoms with Crippen molar-refractivity contribution in [1.82, 2.24) is 5.32 Å². The van der Waals surface area contributed by atoms with E-state index in [0.29, 0.717) is 11.4 Å². The van der Waals surface area contributed by atoms with E-state index in [9.17, 15) is 13.2 Å². The zero-order valence-corrected chi connectivity index (χ0v) is 17.2. The molecule has 0 fully saturated rings. The van der Waals surface area contributed by atoms with Crippen LogP contribution in [0.4, 0.5) is 5.69 Å². The number of methoxy groups -OCH3 is 1. The third-order valence-electron chi connectivity index (χ3n) is 4.14. The van der Waals surface area contributed by atoms with Gasteiger partial charge in [0, 0.05) is 0 Å². The average Bonchev–Trinajstić information content (AvgIpc) is 2.61. The zero-order valence-electron chi connectivity index (χ0n) is 15.6. The minimum atomic E-state index is -3.73. The number of benzene rings is 2. The number of hydrogen-bond donors (Lipinski definition) is 1. The van der Waals surface area contributed by atoms with Crippen molar-refractivity contribution in [3.05, 3.63) is 59.1 Å². The minimum Gasteiger partial charge on any atom is -0.495 e. The van der Waals surface area contributed by atoms with Crippen molar-refractivity contribution >= 4 is 33.2 Å². The first-order valence-corrected chi connectivity index (χ1v) is 10.6. The van der Waals surface area contributed by atoms with Gasteiger partial charge < -0.3 is 10.1 Å². The molecule has 0 aliphatic rings.